The van der Waals surface area contributed by atoms with Crippen molar-refractivity contribution in [2.45, 2.75) is 18.9 Å². The maximum Gasteiger partial charge on any atom is 0.160 e. The lowest BCUT2D eigenvalue weighted by atomic mass is 9.99. The summed E-state index contributed by atoms with van der Waals surface area (Å²) in [5, 5.41) is 4.26. The van der Waals surface area contributed by atoms with Crippen LogP contribution in [0.4, 0.5) is 0 Å². The molecule has 26 heavy (non-hydrogen) atoms. The third-order valence-corrected chi connectivity index (χ3v) is 4.36. The van der Waals surface area contributed by atoms with Crippen LogP contribution in [0.2, 0.25) is 0 Å². The maximum absolute atomic E-state index is 5.64. The number of nitrogens with zero attached hydrogens (tertiary/aromatic N) is 1. The highest BCUT2D eigenvalue weighted by atomic mass is 16.6. The fraction of sp³-hybridized carbons (Fsp3) is 0.350. The van der Waals surface area contributed by atoms with Crippen LogP contribution < -0.4 is 18.9 Å². The van der Waals surface area contributed by atoms with Gasteiger partial charge in [0, 0.05) is 24.5 Å². The molecule has 1 atom stereocenters. The summed E-state index contributed by atoms with van der Waals surface area (Å²) in [6.07, 6.45) is 1.40. The second-order valence-electron chi connectivity index (χ2n) is 5.93. The van der Waals surface area contributed by atoms with E-state index in [1.165, 1.54) is 0 Å². The normalized spacial score (nSPS) is 15.8. The van der Waals surface area contributed by atoms with Gasteiger partial charge in [-0.3, -0.25) is 0 Å². The SMILES string of the molecule is COc1ccc(C2=NOC(Cc3ccc(OC)c(OC)c3)C2)c(OC)c1. The molecule has 138 valence electrons. The third-order valence-electron chi connectivity index (χ3n) is 4.36. The first-order valence-electron chi connectivity index (χ1n) is 8.34. The van der Waals surface area contributed by atoms with E-state index in [1.54, 1.807) is 28.4 Å². The van der Waals surface area contributed by atoms with Crippen molar-refractivity contribution < 1.29 is 23.8 Å². The summed E-state index contributed by atoms with van der Waals surface area (Å²) in [5.74, 6) is 2.88. The zero-order valence-electron chi connectivity index (χ0n) is 15.4. The Hall–Kier alpha value is -2.89. The molecular weight excluding hydrogens is 334 g/mol. The topological polar surface area (TPSA) is 58.5 Å². The van der Waals surface area contributed by atoms with E-state index >= 15 is 0 Å². The van der Waals surface area contributed by atoms with Gasteiger partial charge in [-0.1, -0.05) is 11.2 Å². The number of hydrogen-bond donors (Lipinski definition) is 0. The molecule has 0 bridgehead atoms. The van der Waals surface area contributed by atoms with Gasteiger partial charge in [0.15, 0.2) is 11.5 Å². The molecule has 0 amide bonds. The monoisotopic (exact) mass is 357 g/mol. The molecular formula is C20H23NO5. The molecule has 1 unspecified atom stereocenters. The summed E-state index contributed by atoms with van der Waals surface area (Å²) in [6.45, 7) is 0. The minimum Gasteiger partial charge on any atom is -0.497 e. The summed E-state index contributed by atoms with van der Waals surface area (Å²) in [7, 11) is 6.52. The number of benzene rings is 2. The second-order valence-corrected chi connectivity index (χ2v) is 5.93. The highest BCUT2D eigenvalue weighted by Crippen LogP contribution is 2.31. The molecule has 6 nitrogen and oxygen atoms in total. The molecule has 3 rings (SSSR count). The van der Waals surface area contributed by atoms with Crippen LogP contribution in [-0.2, 0) is 11.3 Å². The molecule has 0 fully saturated rings. The zero-order chi connectivity index (χ0) is 18.5. The van der Waals surface area contributed by atoms with Gasteiger partial charge >= 0.3 is 0 Å². The predicted octanol–water partition coefficient (Wildman–Crippen LogP) is 3.46. The molecule has 2 aromatic rings. The van der Waals surface area contributed by atoms with Crippen molar-refractivity contribution in [1.82, 2.24) is 0 Å². The number of hydrogen-bond acceptors (Lipinski definition) is 6. The van der Waals surface area contributed by atoms with E-state index in [1.807, 2.05) is 36.4 Å². The fourth-order valence-corrected chi connectivity index (χ4v) is 3.00. The molecule has 6 heteroatoms. The van der Waals surface area contributed by atoms with Gasteiger partial charge in [-0.2, -0.15) is 0 Å². The number of rotatable bonds is 7. The van der Waals surface area contributed by atoms with E-state index < -0.39 is 0 Å². The van der Waals surface area contributed by atoms with Crippen molar-refractivity contribution in [2.24, 2.45) is 5.16 Å². The van der Waals surface area contributed by atoms with Crippen LogP contribution in [0, 0.1) is 0 Å². The van der Waals surface area contributed by atoms with Gasteiger partial charge in [-0.15, -0.1) is 0 Å². The van der Waals surface area contributed by atoms with E-state index in [-0.39, 0.29) is 6.10 Å². The average Bonchev–Trinajstić information content (AvgIpc) is 3.15. The summed E-state index contributed by atoms with van der Waals surface area (Å²) in [4.78, 5) is 5.64. The maximum atomic E-state index is 5.64. The molecule has 0 saturated heterocycles. The van der Waals surface area contributed by atoms with Crippen molar-refractivity contribution in [1.29, 1.82) is 0 Å². The highest BCUT2D eigenvalue weighted by molar-refractivity contribution is 6.03. The van der Waals surface area contributed by atoms with Crippen molar-refractivity contribution >= 4 is 5.71 Å². The van der Waals surface area contributed by atoms with E-state index in [4.69, 9.17) is 23.8 Å². The van der Waals surface area contributed by atoms with Gasteiger partial charge in [-0.05, 0) is 29.8 Å². The first-order chi connectivity index (χ1) is 12.7. The lowest BCUT2D eigenvalue weighted by Crippen LogP contribution is -2.12. The number of oxime groups is 1. The van der Waals surface area contributed by atoms with Crippen molar-refractivity contribution in [3.63, 3.8) is 0 Å². The quantitative estimate of drug-likeness (QED) is 0.760. The van der Waals surface area contributed by atoms with Crippen LogP contribution in [0.25, 0.3) is 0 Å². The summed E-state index contributed by atoms with van der Waals surface area (Å²) in [6, 6.07) is 11.6. The van der Waals surface area contributed by atoms with Gasteiger partial charge in [0.05, 0.1) is 34.2 Å². The molecule has 1 aliphatic heterocycles. The first kappa shape index (κ1) is 17.9. The Kier molecular flexibility index (Phi) is 5.51. The molecule has 2 aromatic carbocycles. The molecule has 0 saturated carbocycles. The molecule has 0 aliphatic carbocycles. The molecule has 0 aromatic heterocycles. The van der Waals surface area contributed by atoms with Gasteiger partial charge in [0.1, 0.15) is 17.6 Å². The summed E-state index contributed by atoms with van der Waals surface area (Å²) < 4.78 is 21.3. The predicted molar refractivity (Wildman–Crippen MR) is 98.8 cm³/mol. The Balaban J connectivity index is 1.71. The molecule has 1 aliphatic rings. The van der Waals surface area contributed by atoms with Crippen LogP contribution in [0.3, 0.4) is 0 Å². The van der Waals surface area contributed by atoms with Gasteiger partial charge < -0.3 is 23.8 Å². The van der Waals surface area contributed by atoms with Crippen LogP contribution in [0.5, 0.6) is 23.0 Å². The van der Waals surface area contributed by atoms with E-state index in [0.717, 1.165) is 34.8 Å². The number of ether oxygens (including phenoxy) is 4. The Morgan fingerprint density at radius 2 is 1.65 bits per heavy atom. The molecule has 0 N–H and O–H groups in total. The first-order valence-corrected chi connectivity index (χ1v) is 8.34. The average molecular weight is 357 g/mol. The number of methoxy groups -OCH3 is 4. The lowest BCUT2D eigenvalue weighted by molar-refractivity contribution is 0.0859. The van der Waals surface area contributed by atoms with Crippen LogP contribution >= 0.6 is 0 Å². The minimum atomic E-state index is -0.0325. The Bertz CT molecular complexity index is 803. The second kappa shape index (κ2) is 7.99. The zero-order valence-corrected chi connectivity index (χ0v) is 15.4. The van der Waals surface area contributed by atoms with Gasteiger partial charge in [0.2, 0.25) is 0 Å². The summed E-state index contributed by atoms with van der Waals surface area (Å²) >= 11 is 0. The van der Waals surface area contributed by atoms with E-state index in [9.17, 15) is 0 Å². The highest BCUT2D eigenvalue weighted by Gasteiger charge is 2.25. The van der Waals surface area contributed by atoms with E-state index in [0.29, 0.717) is 17.9 Å². The Morgan fingerprint density at radius 1 is 0.885 bits per heavy atom. The molecule has 0 spiro atoms. The standard InChI is InChI=1S/C20H23NO5/c1-22-14-6-7-16(19(12-14)24-3)17-11-15(26-21-17)9-13-5-8-18(23-2)20(10-13)25-4/h5-8,10,12,15H,9,11H2,1-4H3. The Labute approximate surface area is 153 Å². The van der Waals surface area contributed by atoms with Crippen molar-refractivity contribution in [3.8, 4) is 23.0 Å². The van der Waals surface area contributed by atoms with Crippen LogP contribution in [-0.4, -0.2) is 40.3 Å². The Morgan fingerprint density at radius 3 is 2.35 bits per heavy atom. The minimum absolute atomic E-state index is 0.0325. The van der Waals surface area contributed by atoms with Crippen molar-refractivity contribution in [3.05, 3.63) is 47.5 Å². The summed E-state index contributed by atoms with van der Waals surface area (Å²) in [5.41, 5.74) is 2.89. The van der Waals surface area contributed by atoms with Crippen molar-refractivity contribution in [2.75, 3.05) is 28.4 Å². The smallest absolute Gasteiger partial charge is 0.160 e. The van der Waals surface area contributed by atoms with Crippen LogP contribution in [0.1, 0.15) is 17.5 Å². The third kappa shape index (κ3) is 3.69. The fourth-order valence-electron chi connectivity index (χ4n) is 3.00. The largest absolute Gasteiger partial charge is 0.497 e. The van der Waals surface area contributed by atoms with Gasteiger partial charge in [0.25, 0.3) is 0 Å². The molecule has 0 radical (unpaired) electrons. The van der Waals surface area contributed by atoms with Gasteiger partial charge in [-0.25, -0.2) is 0 Å². The van der Waals surface area contributed by atoms with E-state index in [2.05, 4.69) is 5.16 Å². The lowest BCUT2D eigenvalue weighted by Gasteiger charge is -2.12. The van der Waals surface area contributed by atoms with Crippen LogP contribution in [0.15, 0.2) is 41.6 Å². The molecule has 1 heterocycles.